The van der Waals surface area contributed by atoms with Gasteiger partial charge in [0.1, 0.15) is 28.8 Å². The fraction of sp³-hybridized carbons (Fsp3) is 0.320. The van der Waals surface area contributed by atoms with Gasteiger partial charge in [0.15, 0.2) is 17.9 Å². The van der Waals surface area contributed by atoms with E-state index in [0.29, 0.717) is 72.5 Å². The largest absolute Gasteiger partial charge is 0.489 e. The SMILES string of the molecule is Cc1nn2c(N3CCOCC3)c(C(O)NN3CCOc4ccccc43)sc2c1-c1cc(F)cc(F)c1F. The lowest BCUT2D eigenvalue weighted by Crippen LogP contribution is -2.45. The summed E-state index contributed by atoms with van der Waals surface area (Å²) in [6.45, 7) is 4.71. The Hall–Kier alpha value is -3.32. The van der Waals surface area contributed by atoms with Gasteiger partial charge in [0, 0.05) is 30.3 Å². The molecule has 2 aliphatic heterocycles. The number of benzene rings is 2. The number of morpholine rings is 1. The van der Waals surface area contributed by atoms with Crippen molar-refractivity contribution in [3.8, 4) is 16.9 Å². The van der Waals surface area contributed by atoms with E-state index in [2.05, 4.69) is 10.5 Å². The third-order valence-electron chi connectivity index (χ3n) is 6.47. The number of hydrazine groups is 1. The number of aryl methyl sites for hydroxylation is 1. The van der Waals surface area contributed by atoms with E-state index in [1.807, 2.05) is 34.2 Å². The van der Waals surface area contributed by atoms with Crippen molar-refractivity contribution in [2.75, 3.05) is 49.4 Å². The normalized spacial score (nSPS) is 16.7. The number of nitrogens with zero attached hydrogens (tertiary/aromatic N) is 4. The average molecular weight is 532 g/mol. The molecule has 0 spiro atoms. The maximum Gasteiger partial charge on any atom is 0.167 e. The summed E-state index contributed by atoms with van der Waals surface area (Å²) in [5.74, 6) is -1.98. The van der Waals surface area contributed by atoms with Crippen LogP contribution >= 0.6 is 11.3 Å². The molecule has 2 aromatic carbocycles. The van der Waals surface area contributed by atoms with E-state index in [1.54, 1.807) is 11.4 Å². The van der Waals surface area contributed by atoms with Gasteiger partial charge >= 0.3 is 0 Å². The van der Waals surface area contributed by atoms with Gasteiger partial charge in [0.25, 0.3) is 0 Å². The topological polar surface area (TPSA) is 74.5 Å². The van der Waals surface area contributed by atoms with Crippen LogP contribution in [0.1, 0.15) is 16.8 Å². The number of hydrogen-bond acceptors (Lipinski definition) is 8. The number of rotatable bonds is 5. The van der Waals surface area contributed by atoms with Gasteiger partial charge in [-0.3, -0.25) is 5.01 Å². The number of nitrogens with one attached hydrogen (secondary N) is 1. The van der Waals surface area contributed by atoms with E-state index < -0.39 is 23.7 Å². The number of aliphatic hydroxyl groups excluding tert-OH is 1. The number of halogens is 3. The molecule has 6 rings (SSSR count). The summed E-state index contributed by atoms with van der Waals surface area (Å²) in [6, 6.07) is 8.99. The minimum Gasteiger partial charge on any atom is -0.489 e. The number of aliphatic hydroxyl groups is 1. The van der Waals surface area contributed by atoms with Gasteiger partial charge in [0.05, 0.1) is 36.0 Å². The van der Waals surface area contributed by atoms with E-state index in [1.165, 1.54) is 11.3 Å². The van der Waals surface area contributed by atoms with Gasteiger partial charge in [-0.25, -0.2) is 23.1 Å². The van der Waals surface area contributed by atoms with Crippen molar-refractivity contribution in [1.29, 1.82) is 0 Å². The lowest BCUT2D eigenvalue weighted by atomic mass is 10.1. The van der Waals surface area contributed by atoms with E-state index in [0.717, 1.165) is 11.8 Å². The van der Waals surface area contributed by atoms with E-state index in [4.69, 9.17) is 9.47 Å². The molecule has 0 aliphatic carbocycles. The number of anilines is 2. The zero-order valence-electron chi connectivity index (χ0n) is 19.9. The molecule has 1 saturated heterocycles. The molecule has 2 aromatic heterocycles. The molecule has 1 unspecified atom stereocenters. The second-order valence-corrected chi connectivity index (χ2v) is 9.85. The lowest BCUT2D eigenvalue weighted by Gasteiger charge is -2.34. The maximum atomic E-state index is 14.8. The molecule has 0 saturated carbocycles. The highest BCUT2D eigenvalue weighted by atomic mass is 32.1. The van der Waals surface area contributed by atoms with Gasteiger partial charge in [-0.1, -0.05) is 12.1 Å². The highest BCUT2D eigenvalue weighted by Crippen LogP contribution is 2.42. The summed E-state index contributed by atoms with van der Waals surface area (Å²) in [5, 5.41) is 17.9. The number of ether oxygens (including phenoxy) is 2. The van der Waals surface area contributed by atoms with E-state index >= 15 is 0 Å². The molecule has 37 heavy (non-hydrogen) atoms. The Bertz CT molecular complexity index is 1470. The van der Waals surface area contributed by atoms with Gasteiger partial charge < -0.3 is 19.5 Å². The van der Waals surface area contributed by atoms with Crippen LogP contribution in [0.15, 0.2) is 36.4 Å². The van der Waals surface area contributed by atoms with E-state index in [-0.39, 0.29) is 11.1 Å². The predicted molar refractivity (Wildman–Crippen MR) is 134 cm³/mol. The molecule has 12 heteroatoms. The third-order valence-corrected chi connectivity index (χ3v) is 7.67. The number of para-hydroxylation sites is 2. The van der Waals surface area contributed by atoms with Crippen LogP contribution in [0, 0.1) is 24.4 Å². The molecule has 0 radical (unpaired) electrons. The Morgan fingerprint density at radius 1 is 1.08 bits per heavy atom. The molecule has 1 fully saturated rings. The van der Waals surface area contributed by atoms with Crippen molar-refractivity contribution < 1.29 is 27.8 Å². The summed E-state index contributed by atoms with van der Waals surface area (Å²) in [7, 11) is 0. The molecule has 194 valence electrons. The maximum absolute atomic E-state index is 14.8. The Kier molecular flexibility index (Phi) is 6.19. The van der Waals surface area contributed by atoms with Crippen molar-refractivity contribution in [3.63, 3.8) is 0 Å². The van der Waals surface area contributed by atoms with Crippen molar-refractivity contribution in [1.82, 2.24) is 15.0 Å². The fourth-order valence-corrected chi connectivity index (χ4v) is 6.05. The number of aromatic nitrogens is 2. The zero-order chi connectivity index (χ0) is 25.7. The first kappa shape index (κ1) is 24.0. The molecule has 0 amide bonds. The Labute approximate surface area is 214 Å². The standard InChI is InChI=1S/C25H24F3N5O3S/c1-14-20(16-12-15(26)13-17(27)21(16)28)25-33(29-14)24(31-6-9-35-10-7-31)22(37-25)23(34)30-32-8-11-36-19-5-3-2-4-18(19)32/h2-5,12-13,23,30,34H,6-11H2,1H3. The molecule has 2 N–H and O–H groups in total. The van der Waals surface area contributed by atoms with Crippen molar-refractivity contribution >= 4 is 27.7 Å². The summed E-state index contributed by atoms with van der Waals surface area (Å²) in [6.07, 6.45) is -1.15. The Balaban J connectivity index is 1.47. The first-order valence-electron chi connectivity index (χ1n) is 11.9. The van der Waals surface area contributed by atoms with Crippen LogP contribution in [0.2, 0.25) is 0 Å². The molecule has 2 aliphatic rings. The Morgan fingerprint density at radius 3 is 2.68 bits per heavy atom. The predicted octanol–water partition coefficient (Wildman–Crippen LogP) is 4.02. The van der Waals surface area contributed by atoms with Crippen molar-refractivity contribution in [2.45, 2.75) is 13.2 Å². The fourth-order valence-electron chi connectivity index (χ4n) is 4.80. The van der Waals surface area contributed by atoms with Crippen LogP contribution in [-0.2, 0) is 4.74 Å². The highest BCUT2D eigenvalue weighted by molar-refractivity contribution is 7.18. The minimum absolute atomic E-state index is 0.212. The summed E-state index contributed by atoms with van der Waals surface area (Å²) >= 11 is 1.19. The summed E-state index contributed by atoms with van der Waals surface area (Å²) in [5.41, 5.74) is 4.43. The van der Waals surface area contributed by atoms with Gasteiger partial charge in [-0.15, -0.1) is 11.3 Å². The highest BCUT2D eigenvalue weighted by Gasteiger charge is 2.31. The first-order valence-corrected chi connectivity index (χ1v) is 12.7. The monoisotopic (exact) mass is 531 g/mol. The molecule has 0 bridgehead atoms. The molecular weight excluding hydrogens is 507 g/mol. The van der Waals surface area contributed by atoms with E-state index in [9.17, 15) is 18.3 Å². The lowest BCUT2D eigenvalue weighted by molar-refractivity contribution is 0.119. The second-order valence-electron chi connectivity index (χ2n) is 8.82. The van der Waals surface area contributed by atoms with Gasteiger partial charge in [0.2, 0.25) is 0 Å². The van der Waals surface area contributed by atoms with Crippen LogP contribution in [0.25, 0.3) is 16.0 Å². The number of thiazole rings is 1. The third kappa shape index (κ3) is 4.19. The average Bonchev–Trinajstić information content (AvgIpc) is 3.41. The van der Waals surface area contributed by atoms with Crippen molar-refractivity contribution in [3.05, 3.63) is 64.4 Å². The van der Waals surface area contributed by atoms with Crippen LogP contribution < -0.4 is 20.1 Å². The molecule has 1 atom stereocenters. The first-order chi connectivity index (χ1) is 17.9. The molecule has 4 aromatic rings. The van der Waals surface area contributed by atoms with Crippen LogP contribution in [0.5, 0.6) is 5.75 Å². The van der Waals surface area contributed by atoms with Crippen LogP contribution in [0.4, 0.5) is 24.7 Å². The number of hydrogen-bond donors (Lipinski definition) is 2. The minimum atomic E-state index is -1.27. The summed E-state index contributed by atoms with van der Waals surface area (Å²) < 4.78 is 55.9. The molecule has 4 heterocycles. The second kappa shape index (κ2) is 9.53. The van der Waals surface area contributed by atoms with Crippen LogP contribution in [-0.4, -0.2) is 54.2 Å². The zero-order valence-corrected chi connectivity index (χ0v) is 20.7. The Morgan fingerprint density at radius 2 is 1.86 bits per heavy atom. The van der Waals surface area contributed by atoms with Gasteiger partial charge in [-0.2, -0.15) is 5.10 Å². The number of fused-ring (bicyclic) bond motifs is 2. The molecule has 8 nitrogen and oxygen atoms in total. The van der Waals surface area contributed by atoms with Crippen molar-refractivity contribution in [2.24, 2.45) is 0 Å². The molecular formula is C25H24F3N5O3S. The van der Waals surface area contributed by atoms with Gasteiger partial charge in [-0.05, 0) is 25.1 Å². The quantitative estimate of drug-likeness (QED) is 0.298. The smallest absolute Gasteiger partial charge is 0.167 e. The summed E-state index contributed by atoms with van der Waals surface area (Å²) in [4.78, 5) is 3.05. The van der Waals surface area contributed by atoms with Crippen LogP contribution in [0.3, 0.4) is 0 Å².